The summed E-state index contributed by atoms with van der Waals surface area (Å²) < 4.78 is 7.10. The van der Waals surface area contributed by atoms with E-state index in [4.69, 9.17) is 4.74 Å². The Kier molecular flexibility index (Phi) is 4.58. The predicted octanol–water partition coefficient (Wildman–Crippen LogP) is 3.66. The van der Waals surface area contributed by atoms with E-state index in [1.54, 1.807) is 0 Å². The number of carbonyl (C=O) groups excluding carboxylic acids is 1. The average molecular weight is 383 g/mol. The fourth-order valence-electron chi connectivity index (χ4n) is 1.28. The fraction of sp³-hybridized carbons (Fsp3) is 0.364. The Morgan fingerprint density at radius 1 is 1.47 bits per heavy atom. The molecule has 15 heavy (non-hydrogen) atoms. The molecule has 0 spiro atoms. The number of rotatable bonds is 3. The van der Waals surface area contributed by atoms with Crippen molar-refractivity contribution in [3.8, 4) is 0 Å². The van der Waals surface area contributed by atoms with Crippen molar-refractivity contribution in [1.82, 2.24) is 0 Å². The standard InChI is InChI=1S/C11H12BrIO2/c1-8(14)15-11(2,7-13)9-3-5-10(12)6-4-9/h3-6H,7H2,1-2H3. The lowest BCUT2D eigenvalue weighted by Crippen LogP contribution is -2.29. The number of esters is 1. The summed E-state index contributed by atoms with van der Waals surface area (Å²) in [4.78, 5) is 11.0. The van der Waals surface area contributed by atoms with Gasteiger partial charge in [-0.05, 0) is 24.6 Å². The van der Waals surface area contributed by atoms with E-state index in [1.165, 1.54) is 6.92 Å². The van der Waals surface area contributed by atoms with Gasteiger partial charge in [-0.1, -0.05) is 50.7 Å². The zero-order chi connectivity index (χ0) is 11.5. The summed E-state index contributed by atoms with van der Waals surface area (Å²) in [7, 11) is 0. The van der Waals surface area contributed by atoms with E-state index in [9.17, 15) is 4.79 Å². The van der Waals surface area contributed by atoms with Gasteiger partial charge in [-0.25, -0.2) is 0 Å². The number of carbonyl (C=O) groups is 1. The van der Waals surface area contributed by atoms with Crippen molar-refractivity contribution in [2.75, 3.05) is 4.43 Å². The van der Waals surface area contributed by atoms with Crippen LogP contribution in [0.2, 0.25) is 0 Å². The molecular formula is C11H12BrIO2. The van der Waals surface area contributed by atoms with Crippen LogP contribution in [0.1, 0.15) is 19.4 Å². The Morgan fingerprint density at radius 2 is 2.00 bits per heavy atom. The molecule has 0 aliphatic heterocycles. The third-order valence-corrected chi connectivity index (χ3v) is 4.06. The minimum atomic E-state index is -0.535. The van der Waals surface area contributed by atoms with Crippen LogP contribution in [0.15, 0.2) is 28.7 Å². The highest BCUT2D eigenvalue weighted by Gasteiger charge is 2.28. The van der Waals surface area contributed by atoms with Crippen LogP contribution in [-0.2, 0) is 15.1 Å². The van der Waals surface area contributed by atoms with Gasteiger partial charge in [0.2, 0.25) is 0 Å². The van der Waals surface area contributed by atoms with Crippen molar-refractivity contribution < 1.29 is 9.53 Å². The number of ether oxygens (including phenoxy) is 1. The summed E-state index contributed by atoms with van der Waals surface area (Å²) in [5, 5.41) is 0. The highest BCUT2D eigenvalue weighted by atomic mass is 127. The molecule has 0 amide bonds. The van der Waals surface area contributed by atoms with Crippen molar-refractivity contribution in [2.24, 2.45) is 0 Å². The van der Waals surface area contributed by atoms with E-state index in [2.05, 4.69) is 38.5 Å². The van der Waals surface area contributed by atoms with Crippen LogP contribution < -0.4 is 0 Å². The van der Waals surface area contributed by atoms with Crippen LogP contribution in [-0.4, -0.2) is 10.4 Å². The van der Waals surface area contributed by atoms with Gasteiger partial charge in [0.1, 0.15) is 5.60 Å². The number of hydrogen-bond acceptors (Lipinski definition) is 2. The first-order chi connectivity index (χ1) is 6.98. The first-order valence-electron chi connectivity index (χ1n) is 4.49. The van der Waals surface area contributed by atoms with Crippen molar-refractivity contribution in [3.05, 3.63) is 34.3 Å². The molecular weight excluding hydrogens is 371 g/mol. The Balaban J connectivity index is 3.00. The molecule has 0 aliphatic rings. The highest BCUT2D eigenvalue weighted by molar-refractivity contribution is 14.1. The maximum Gasteiger partial charge on any atom is 0.303 e. The molecule has 2 nitrogen and oxygen atoms in total. The monoisotopic (exact) mass is 382 g/mol. The van der Waals surface area contributed by atoms with Crippen LogP contribution in [0.3, 0.4) is 0 Å². The molecule has 1 atom stereocenters. The van der Waals surface area contributed by atoms with Gasteiger partial charge in [-0.2, -0.15) is 0 Å². The second-order valence-corrected chi connectivity index (χ2v) is 5.14. The summed E-state index contributed by atoms with van der Waals surface area (Å²) in [6, 6.07) is 7.82. The van der Waals surface area contributed by atoms with Crippen molar-refractivity contribution in [1.29, 1.82) is 0 Å². The van der Waals surface area contributed by atoms with Crippen LogP contribution in [0, 0.1) is 0 Å². The smallest absolute Gasteiger partial charge is 0.303 e. The molecule has 0 N–H and O–H groups in total. The molecule has 0 radical (unpaired) electrons. The number of halogens is 2. The van der Waals surface area contributed by atoms with Gasteiger partial charge >= 0.3 is 5.97 Å². The van der Waals surface area contributed by atoms with E-state index in [1.807, 2.05) is 31.2 Å². The van der Waals surface area contributed by atoms with E-state index >= 15 is 0 Å². The molecule has 1 unspecified atom stereocenters. The second kappa shape index (κ2) is 5.30. The molecule has 0 saturated carbocycles. The minimum Gasteiger partial charge on any atom is -0.454 e. The normalized spacial score (nSPS) is 14.4. The van der Waals surface area contributed by atoms with Crippen LogP contribution in [0.4, 0.5) is 0 Å². The second-order valence-electron chi connectivity index (χ2n) is 3.47. The quantitative estimate of drug-likeness (QED) is 0.453. The van der Waals surface area contributed by atoms with Gasteiger partial charge in [0.05, 0.1) is 0 Å². The van der Waals surface area contributed by atoms with E-state index < -0.39 is 5.60 Å². The zero-order valence-corrected chi connectivity index (χ0v) is 12.3. The van der Waals surface area contributed by atoms with Gasteiger partial charge in [-0.3, -0.25) is 4.79 Å². The molecule has 0 bridgehead atoms. The van der Waals surface area contributed by atoms with Gasteiger partial charge in [0, 0.05) is 15.8 Å². The molecule has 82 valence electrons. The molecule has 0 aliphatic carbocycles. The van der Waals surface area contributed by atoms with Gasteiger partial charge in [0.25, 0.3) is 0 Å². The number of benzene rings is 1. The largest absolute Gasteiger partial charge is 0.454 e. The lowest BCUT2D eigenvalue weighted by Gasteiger charge is -2.27. The fourth-order valence-corrected chi connectivity index (χ4v) is 2.14. The van der Waals surface area contributed by atoms with Crippen molar-refractivity contribution >= 4 is 44.5 Å². The predicted molar refractivity (Wildman–Crippen MR) is 72.1 cm³/mol. The van der Waals surface area contributed by atoms with Crippen LogP contribution in [0.25, 0.3) is 0 Å². The molecule has 1 rings (SSSR count). The number of alkyl halides is 1. The molecule has 4 heteroatoms. The lowest BCUT2D eigenvalue weighted by atomic mass is 9.98. The van der Waals surface area contributed by atoms with E-state index in [-0.39, 0.29) is 5.97 Å². The molecule has 0 fully saturated rings. The van der Waals surface area contributed by atoms with Crippen LogP contribution >= 0.6 is 38.5 Å². The van der Waals surface area contributed by atoms with E-state index in [0.717, 1.165) is 14.5 Å². The highest BCUT2D eigenvalue weighted by Crippen LogP contribution is 2.28. The summed E-state index contributed by atoms with van der Waals surface area (Å²) in [5.41, 5.74) is 0.475. The molecule has 0 heterocycles. The summed E-state index contributed by atoms with van der Waals surface area (Å²) in [6.07, 6.45) is 0. The molecule has 0 saturated heterocycles. The molecule has 1 aromatic carbocycles. The Hall–Kier alpha value is -0.100. The Bertz CT molecular complexity index is 350. The van der Waals surface area contributed by atoms with Crippen LogP contribution in [0.5, 0.6) is 0 Å². The maximum absolute atomic E-state index is 11.0. The third-order valence-electron chi connectivity index (χ3n) is 2.08. The van der Waals surface area contributed by atoms with Crippen molar-refractivity contribution in [3.63, 3.8) is 0 Å². The van der Waals surface area contributed by atoms with Gasteiger partial charge < -0.3 is 4.74 Å². The minimum absolute atomic E-state index is 0.253. The Morgan fingerprint density at radius 3 is 2.40 bits per heavy atom. The zero-order valence-electron chi connectivity index (χ0n) is 8.59. The van der Waals surface area contributed by atoms with E-state index in [0.29, 0.717) is 0 Å². The first kappa shape index (κ1) is 13.0. The Labute approximate surface area is 112 Å². The summed E-state index contributed by atoms with van der Waals surface area (Å²) >= 11 is 5.60. The number of hydrogen-bond donors (Lipinski definition) is 0. The molecule has 0 aromatic heterocycles. The first-order valence-corrected chi connectivity index (χ1v) is 6.81. The van der Waals surface area contributed by atoms with Crippen molar-refractivity contribution in [2.45, 2.75) is 19.4 Å². The lowest BCUT2D eigenvalue weighted by molar-refractivity contribution is -0.153. The SMILES string of the molecule is CC(=O)OC(C)(CI)c1ccc(Br)cc1. The van der Waals surface area contributed by atoms with Gasteiger partial charge in [-0.15, -0.1) is 0 Å². The maximum atomic E-state index is 11.0. The summed E-state index contributed by atoms with van der Waals surface area (Å²) in [5.74, 6) is -0.253. The average Bonchev–Trinajstić information content (AvgIpc) is 2.17. The van der Waals surface area contributed by atoms with Gasteiger partial charge in [0.15, 0.2) is 0 Å². The summed E-state index contributed by atoms with van der Waals surface area (Å²) in [6.45, 7) is 3.35. The topological polar surface area (TPSA) is 26.3 Å². The molecule has 1 aromatic rings. The third kappa shape index (κ3) is 3.45.